The lowest BCUT2D eigenvalue weighted by Gasteiger charge is -2.33. The van der Waals surface area contributed by atoms with E-state index in [-0.39, 0.29) is 0 Å². The molecular weight excluding hydrogens is 775 g/mol. The average Bonchev–Trinajstić information content (AvgIpc) is 3.88. The summed E-state index contributed by atoms with van der Waals surface area (Å²) in [6, 6.07) is 74.5. The number of thiophene rings is 1. The van der Waals surface area contributed by atoms with Gasteiger partial charge in [0, 0.05) is 37.9 Å². The molecule has 3 heterocycles. The van der Waals surface area contributed by atoms with E-state index in [4.69, 9.17) is 24.9 Å². The normalized spacial score (nSPS) is 12.6. The van der Waals surface area contributed by atoms with E-state index >= 15 is 0 Å². The zero-order valence-corrected chi connectivity index (χ0v) is 34.2. The Labute approximate surface area is 362 Å². The summed E-state index contributed by atoms with van der Waals surface area (Å²) in [7, 11) is 0. The molecule has 3 aromatic heterocycles. The molecule has 1 aliphatic rings. The monoisotopic (exact) mass is 809 g/mol. The molecule has 12 rings (SSSR count). The molecule has 5 nitrogen and oxygen atoms in total. The molecule has 0 aliphatic heterocycles. The van der Waals surface area contributed by atoms with E-state index < -0.39 is 5.41 Å². The number of rotatable bonds is 7. The molecule has 8 aromatic carbocycles. The number of hydrogen-bond acceptors (Lipinski definition) is 6. The summed E-state index contributed by atoms with van der Waals surface area (Å²) in [6.07, 6.45) is 0. The SMILES string of the molecule is c1ccc(-c2nc(-c3cccc(-c4nc(-c5ccccc5)c5sc6ccccc6c5n4)c3)nc(-c3ccc4c(c3)-c3ccccc3C4(c3ccccc3)c3ccccc3)n2)cc1. The van der Waals surface area contributed by atoms with Gasteiger partial charge in [-0.25, -0.2) is 24.9 Å². The fourth-order valence-corrected chi connectivity index (χ4v) is 10.4. The Kier molecular flexibility index (Phi) is 8.50. The summed E-state index contributed by atoms with van der Waals surface area (Å²) in [4.78, 5) is 26.0. The highest BCUT2D eigenvalue weighted by Crippen LogP contribution is 2.56. The molecule has 0 amide bonds. The van der Waals surface area contributed by atoms with Gasteiger partial charge < -0.3 is 0 Å². The predicted molar refractivity (Wildman–Crippen MR) is 253 cm³/mol. The van der Waals surface area contributed by atoms with Crippen LogP contribution in [-0.4, -0.2) is 24.9 Å². The largest absolute Gasteiger partial charge is 0.226 e. The van der Waals surface area contributed by atoms with E-state index in [0.717, 1.165) is 49.1 Å². The number of fused-ring (bicyclic) bond motifs is 6. The zero-order chi connectivity index (χ0) is 41.0. The van der Waals surface area contributed by atoms with Gasteiger partial charge in [0.05, 0.1) is 21.3 Å². The van der Waals surface area contributed by atoms with E-state index in [1.54, 1.807) is 11.3 Å². The van der Waals surface area contributed by atoms with Crippen LogP contribution in [0.1, 0.15) is 22.3 Å². The van der Waals surface area contributed by atoms with Gasteiger partial charge in [-0.3, -0.25) is 0 Å². The highest BCUT2D eigenvalue weighted by molar-refractivity contribution is 7.26. The Bertz CT molecular complexity index is 3420. The third-order valence-electron chi connectivity index (χ3n) is 12.0. The van der Waals surface area contributed by atoms with Crippen molar-refractivity contribution < 1.29 is 0 Å². The molecule has 0 saturated carbocycles. The van der Waals surface area contributed by atoms with E-state index in [9.17, 15) is 0 Å². The fourth-order valence-electron chi connectivity index (χ4n) is 9.25. The molecule has 1 aliphatic carbocycles. The van der Waals surface area contributed by atoms with Crippen LogP contribution in [0.25, 0.3) is 88.2 Å². The number of nitrogens with zero attached hydrogens (tertiary/aromatic N) is 5. The van der Waals surface area contributed by atoms with Gasteiger partial charge in [-0.2, -0.15) is 0 Å². The molecule has 0 bridgehead atoms. The summed E-state index contributed by atoms with van der Waals surface area (Å²) in [5.74, 6) is 2.43. The van der Waals surface area contributed by atoms with Crippen molar-refractivity contribution in [3.63, 3.8) is 0 Å². The van der Waals surface area contributed by atoms with Crippen molar-refractivity contribution in [3.8, 4) is 67.9 Å². The highest BCUT2D eigenvalue weighted by Gasteiger charge is 2.46. The van der Waals surface area contributed by atoms with Crippen molar-refractivity contribution in [1.29, 1.82) is 0 Å². The minimum atomic E-state index is -0.492. The van der Waals surface area contributed by atoms with Crippen molar-refractivity contribution in [2.45, 2.75) is 5.41 Å². The third kappa shape index (κ3) is 5.80. The Morgan fingerprint density at radius 3 is 1.52 bits per heavy atom. The molecule has 0 atom stereocenters. The smallest absolute Gasteiger partial charge is 0.164 e. The van der Waals surface area contributed by atoms with E-state index in [0.29, 0.717) is 23.3 Å². The van der Waals surface area contributed by atoms with Gasteiger partial charge in [-0.1, -0.05) is 194 Å². The molecule has 11 aromatic rings. The van der Waals surface area contributed by atoms with Crippen LogP contribution in [0.2, 0.25) is 0 Å². The van der Waals surface area contributed by atoms with E-state index in [2.05, 4.69) is 170 Å². The standard InChI is InChI=1S/C56H35N5S/c1-5-18-36(19-6-1)49-51-50(44-29-14-16-31-48(44)62-51)58-53(57-49)38-22-17-23-39(34-38)54-59-52(37-20-7-2-8-21-37)60-55(61-54)40-32-33-47-45(35-40)43-28-13-15-30-46(43)56(47,41-24-9-3-10-25-41)42-26-11-4-12-27-42/h1-35H. The van der Waals surface area contributed by atoms with Gasteiger partial charge in [0.25, 0.3) is 0 Å². The fraction of sp³-hybridized carbons (Fsp3) is 0.0179. The van der Waals surface area contributed by atoms with Crippen LogP contribution < -0.4 is 0 Å². The minimum absolute atomic E-state index is 0.492. The Morgan fingerprint density at radius 2 is 0.839 bits per heavy atom. The van der Waals surface area contributed by atoms with Gasteiger partial charge in [0.15, 0.2) is 23.3 Å². The Morgan fingerprint density at radius 1 is 0.339 bits per heavy atom. The van der Waals surface area contributed by atoms with Crippen molar-refractivity contribution in [3.05, 3.63) is 235 Å². The minimum Gasteiger partial charge on any atom is -0.226 e. The van der Waals surface area contributed by atoms with E-state index in [1.807, 2.05) is 42.5 Å². The number of aromatic nitrogens is 5. The molecule has 290 valence electrons. The van der Waals surface area contributed by atoms with Crippen LogP contribution in [0.3, 0.4) is 0 Å². The average molecular weight is 810 g/mol. The summed E-state index contributed by atoms with van der Waals surface area (Å²) in [5.41, 5.74) is 13.3. The first-order chi connectivity index (χ1) is 30.7. The van der Waals surface area contributed by atoms with Crippen LogP contribution in [0.4, 0.5) is 0 Å². The van der Waals surface area contributed by atoms with Crippen LogP contribution in [-0.2, 0) is 5.41 Å². The number of benzene rings is 8. The first-order valence-corrected chi connectivity index (χ1v) is 21.6. The molecule has 0 spiro atoms. The van der Waals surface area contributed by atoms with E-state index in [1.165, 1.54) is 38.1 Å². The van der Waals surface area contributed by atoms with Crippen molar-refractivity contribution >= 4 is 31.6 Å². The number of hydrogen-bond donors (Lipinski definition) is 0. The van der Waals surface area contributed by atoms with Crippen LogP contribution in [0.5, 0.6) is 0 Å². The first-order valence-electron chi connectivity index (χ1n) is 20.8. The van der Waals surface area contributed by atoms with Gasteiger partial charge >= 0.3 is 0 Å². The first kappa shape index (κ1) is 36.0. The summed E-state index contributed by atoms with van der Waals surface area (Å²) < 4.78 is 2.26. The maximum Gasteiger partial charge on any atom is 0.164 e. The lowest BCUT2D eigenvalue weighted by molar-refractivity contribution is 0.768. The van der Waals surface area contributed by atoms with Crippen LogP contribution in [0, 0.1) is 0 Å². The summed E-state index contributed by atoms with van der Waals surface area (Å²) >= 11 is 1.74. The molecule has 0 unspecified atom stereocenters. The quantitative estimate of drug-likeness (QED) is 0.160. The van der Waals surface area contributed by atoms with Gasteiger partial charge in [0.1, 0.15) is 0 Å². The molecule has 0 radical (unpaired) electrons. The summed E-state index contributed by atoms with van der Waals surface area (Å²) in [5, 5.41) is 1.13. The Balaban J connectivity index is 1.03. The van der Waals surface area contributed by atoms with Gasteiger partial charge in [-0.15, -0.1) is 11.3 Å². The third-order valence-corrected chi connectivity index (χ3v) is 13.2. The second-order valence-electron chi connectivity index (χ2n) is 15.6. The summed E-state index contributed by atoms with van der Waals surface area (Å²) in [6.45, 7) is 0. The van der Waals surface area contributed by atoms with Gasteiger partial charge in [-0.05, 0) is 51.6 Å². The zero-order valence-electron chi connectivity index (χ0n) is 33.4. The maximum atomic E-state index is 5.25. The van der Waals surface area contributed by atoms with Gasteiger partial charge in [0.2, 0.25) is 0 Å². The molecule has 6 heteroatoms. The topological polar surface area (TPSA) is 64.5 Å². The lowest BCUT2D eigenvalue weighted by Crippen LogP contribution is -2.28. The molecule has 0 saturated heterocycles. The molecule has 0 fully saturated rings. The van der Waals surface area contributed by atoms with Crippen LogP contribution >= 0.6 is 11.3 Å². The van der Waals surface area contributed by atoms with Crippen molar-refractivity contribution in [1.82, 2.24) is 24.9 Å². The Hall–Kier alpha value is -7.93. The highest BCUT2D eigenvalue weighted by atomic mass is 32.1. The maximum absolute atomic E-state index is 5.25. The van der Waals surface area contributed by atoms with Crippen molar-refractivity contribution in [2.24, 2.45) is 0 Å². The molecule has 0 N–H and O–H groups in total. The second-order valence-corrected chi connectivity index (χ2v) is 16.6. The van der Waals surface area contributed by atoms with Crippen LogP contribution in [0.15, 0.2) is 212 Å². The van der Waals surface area contributed by atoms with Crippen molar-refractivity contribution in [2.75, 3.05) is 0 Å². The lowest BCUT2D eigenvalue weighted by atomic mass is 9.67. The predicted octanol–water partition coefficient (Wildman–Crippen LogP) is 13.7. The molecular formula is C56H35N5S. The molecule has 62 heavy (non-hydrogen) atoms. The second kappa shape index (κ2) is 14.7.